The number of aromatic nitrogens is 1. The molecule has 0 aliphatic carbocycles. The Hall–Kier alpha value is -1.21. The number of rotatable bonds is 4. The number of aliphatic hydroxyl groups is 1. The minimum atomic E-state index is -0.893. The molecule has 0 aliphatic rings. The largest absolute Gasteiger partial charge is 0.531 e. The Bertz CT molecular complexity index is 654. The van der Waals surface area contributed by atoms with Gasteiger partial charge < -0.3 is 19.7 Å². The van der Waals surface area contributed by atoms with Crippen LogP contribution in [0.25, 0.3) is 10.6 Å². The van der Waals surface area contributed by atoms with Crippen molar-refractivity contribution in [1.29, 1.82) is 0 Å². The Kier molecular flexibility index (Phi) is 8.70. The van der Waals surface area contributed by atoms with Crippen LogP contribution in [0.1, 0.15) is 25.6 Å². The van der Waals surface area contributed by atoms with E-state index in [1.54, 1.807) is 39.8 Å². The number of ether oxygens (including phenoxy) is 1. The number of aliphatic hydroxyl groups excluding tert-OH is 1. The summed E-state index contributed by atoms with van der Waals surface area (Å²) in [6.45, 7) is 12.1. The van der Waals surface area contributed by atoms with Crippen molar-refractivity contribution >= 4 is 35.2 Å². The van der Waals surface area contributed by atoms with Gasteiger partial charge >= 0.3 is 5.97 Å². The van der Waals surface area contributed by atoms with Crippen LogP contribution in [-0.2, 0) is 9.53 Å². The Morgan fingerprint density at radius 1 is 1.52 bits per heavy atom. The third-order valence-electron chi connectivity index (χ3n) is 2.06. The van der Waals surface area contributed by atoms with E-state index in [1.165, 1.54) is 6.34 Å². The molecule has 0 saturated heterocycles. The fourth-order valence-electron chi connectivity index (χ4n) is 1.25. The number of hydrogen-bond donors (Lipinski definition) is 1. The van der Waals surface area contributed by atoms with E-state index in [4.69, 9.17) is 11.3 Å². The van der Waals surface area contributed by atoms with Crippen LogP contribution in [0, 0.1) is 47.7 Å². The van der Waals surface area contributed by atoms with E-state index in [-0.39, 0.29) is 46.3 Å². The second-order valence-electron chi connectivity index (χ2n) is 5.48. The maximum Gasteiger partial charge on any atom is 0.339 e. The second-order valence-corrected chi connectivity index (χ2v) is 6.27. The van der Waals surface area contributed by atoms with Gasteiger partial charge in [0, 0.05) is 55.5 Å². The molecular weight excluding hydrogens is 443 g/mol. The summed E-state index contributed by atoms with van der Waals surface area (Å²) in [7, 11) is 3.56. The van der Waals surface area contributed by atoms with Crippen molar-refractivity contribution in [2.45, 2.75) is 26.4 Å². The van der Waals surface area contributed by atoms with E-state index in [9.17, 15) is 9.90 Å². The second kappa shape index (κ2) is 9.18. The number of carbonyl (C=O) groups excluding carboxylic acids is 1. The van der Waals surface area contributed by atoms with Crippen LogP contribution in [0.2, 0.25) is 0 Å². The van der Waals surface area contributed by atoms with Crippen LogP contribution < -0.4 is 0 Å². The van der Waals surface area contributed by atoms with E-state index in [0.717, 1.165) is 11.3 Å². The van der Waals surface area contributed by atoms with Gasteiger partial charge in [0.25, 0.3) is 5.70 Å². The Labute approximate surface area is 167 Å². The standard InChI is InChI=1S/C14H17N4O3S.La/c1-14(2,3)21-13(20)9(15-4)10(19)11-12(17-8-22-11)16-7-18(5)6;/h7,19H,1-3,5-6H3;/q-1;/b10-9+,16-7+;. The van der Waals surface area contributed by atoms with E-state index in [2.05, 4.69) is 20.3 Å². The van der Waals surface area contributed by atoms with Crippen LogP contribution in [0.3, 0.4) is 0 Å². The van der Waals surface area contributed by atoms with Crippen LogP contribution in [0.5, 0.6) is 0 Å². The summed E-state index contributed by atoms with van der Waals surface area (Å²) in [6, 6.07) is 0. The molecule has 1 heterocycles. The Morgan fingerprint density at radius 2 is 2.13 bits per heavy atom. The van der Waals surface area contributed by atoms with Crippen molar-refractivity contribution in [3.05, 3.63) is 27.5 Å². The molecule has 0 fully saturated rings. The molecule has 1 radical (unpaired) electrons. The molecule has 0 atom stereocenters. The van der Waals surface area contributed by atoms with Crippen molar-refractivity contribution in [2.75, 3.05) is 14.1 Å². The van der Waals surface area contributed by atoms with Gasteiger partial charge in [-0.25, -0.2) is 4.85 Å². The number of aliphatic imine (C=N–C) groups is 1. The van der Waals surface area contributed by atoms with E-state index < -0.39 is 23.0 Å². The zero-order valence-corrected chi connectivity index (χ0v) is 18.1. The van der Waals surface area contributed by atoms with Gasteiger partial charge in [0.05, 0.1) is 18.7 Å². The Morgan fingerprint density at radius 3 is 2.61 bits per heavy atom. The quantitative estimate of drug-likeness (QED) is 0.187. The summed E-state index contributed by atoms with van der Waals surface area (Å²) in [6.07, 6.45) is 1.49. The molecule has 9 heteroatoms. The zero-order valence-electron chi connectivity index (χ0n) is 13.6. The SMILES string of the molecule is [C-]#[N+]/C(C(=O)OC(C)(C)C)=C(/O)c1s[c-]nc1/N=C/N(C)C.[La]. The molecule has 1 rings (SSSR count). The maximum atomic E-state index is 12.0. The fraction of sp³-hybridized carbons (Fsp3) is 0.429. The van der Waals surface area contributed by atoms with Crippen LogP contribution in [0.15, 0.2) is 10.7 Å². The molecule has 23 heavy (non-hydrogen) atoms. The van der Waals surface area contributed by atoms with Gasteiger partial charge in [0.1, 0.15) is 5.60 Å². The topological polar surface area (TPSA) is 79.4 Å². The van der Waals surface area contributed by atoms with Crippen molar-refractivity contribution < 1.29 is 50.2 Å². The van der Waals surface area contributed by atoms with Crippen molar-refractivity contribution in [3.8, 4) is 0 Å². The number of nitrogens with zero attached hydrogens (tertiary/aromatic N) is 4. The molecule has 1 aromatic rings. The van der Waals surface area contributed by atoms with Crippen LogP contribution >= 0.6 is 11.3 Å². The third kappa shape index (κ3) is 6.83. The summed E-state index contributed by atoms with van der Waals surface area (Å²) in [4.78, 5) is 24.9. The first-order valence-corrected chi connectivity index (χ1v) is 7.09. The average molecular weight is 460 g/mol. The average Bonchev–Trinajstić information content (AvgIpc) is 2.82. The van der Waals surface area contributed by atoms with Gasteiger partial charge in [0.15, 0.2) is 0 Å². The summed E-state index contributed by atoms with van der Waals surface area (Å²) in [5, 5.41) is 10.2. The van der Waals surface area contributed by atoms with Gasteiger partial charge in [-0.2, -0.15) is 0 Å². The number of esters is 1. The smallest absolute Gasteiger partial charge is 0.339 e. The Balaban J connectivity index is 0.00000484. The molecule has 121 valence electrons. The number of thiazole rings is 1. The summed E-state index contributed by atoms with van der Waals surface area (Å²) >= 11 is 0.961. The van der Waals surface area contributed by atoms with Gasteiger partial charge in [-0.1, -0.05) is 4.88 Å². The maximum absolute atomic E-state index is 12.0. The molecule has 0 unspecified atom stereocenters. The first-order chi connectivity index (χ1) is 10.2. The van der Waals surface area contributed by atoms with Crippen molar-refractivity contribution in [2.24, 2.45) is 4.99 Å². The zero-order chi connectivity index (χ0) is 16.9. The van der Waals surface area contributed by atoms with Crippen molar-refractivity contribution in [1.82, 2.24) is 9.88 Å². The fourth-order valence-corrected chi connectivity index (χ4v) is 1.86. The van der Waals surface area contributed by atoms with Gasteiger partial charge in [0.2, 0.25) is 0 Å². The molecule has 0 aliphatic heterocycles. The first kappa shape index (κ1) is 21.8. The monoisotopic (exact) mass is 460 g/mol. The molecular formula is C14H17LaN4O3S-. The van der Waals surface area contributed by atoms with Crippen molar-refractivity contribution in [3.63, 3.8) is 0 Å². The summed E-state index contributed by atoms with van der Waals surface area (Å²) in [5.41, 5.74) is 1.31. The number of carbonyl (C=O) groups is 1. The number of hydrogen-bond acceptors (Lipinski definition) is 6. The summed E-state index contributed by atoms with van der Waals surface area (Å²) in [5.74, 6) is -1.22. The molecule has 0 amide bonds. The molecule has 0 saturated carbocycles. The van der Waals surface area contributed by atoms with Crippen LogP contribution in [-0.4, -0.2) is 47.0 Å². The first-order valence-electron chi connectivity index (χ1n) is 6.27. The molecule has 1 N–H and O–H groups in total. The normalized spacial score (nSPS) is 12.2. The third-order valence-corrected chi connectivity index (χ3v) is 2.82. The van der Waals surface area contributed by atoms with Gasteiger partial charge in [-0.05, 0) is 26.3 Å². The van der Waals surface area contributed by atoms with E-state index in [1.807, 2.05) is 0 Å². The summed E-state index contributed by atoms with van der Waals surface area (Å²) < 4.78 is 5.10. The van der Waals surface area contributed by atoms with E-state index in [0.29, 0.717) is 0 Å². The molecule has 7 nitrogen and oxygen atoms in total. The molecule has 0 bridgehead atoms. The minimum absolute atomic E-state index is 0. The van der Waals surface area contributed by atoms with Crippen LogP contribution in [0.4, 0.5) is 5.82 Å². The molecule has 1 aromatic heterocycles. The van der Waals surface area contributed by atoms with Gasteiger partial charge in [-0.15, -0.1) is 0 Å². The van der Waals surface area contributed by atoms with Gasteiger partial charge in [-0.3, -0.25) is 21.1 Å². The minimum Gasteiger partial charge on any atom is -0.531 e. The molecule has 0 aromatic carbocycles. The molecule has 0 spiro atoms. The predicted molar refractivity (Wildman–Crippen MR) is 84.8 cm³/mol. The van der Waals surface area contributed by atoms with E-state index >= 15 is 0 Å². The predicted octanol–water partition coefficient (Wildman–Crippen LogP) is 2.65.